The molecule has 2 heterocycles. The Labute approximate surface area is 207 Å². The molecule has 0 N–H and O–H groups in total. The van der Waals surface area contributed by atoms with Gasteiger partial charge in [0.15, 0.2) is 0 Å². The lowest BCUT2D eigenvalue weighted by Crippen LogP contribution is -2.30. The average Bonchev–Trinajstić information content (AvgIpc) is 3.41. The van der Waals surface area contributed by atoms with E-state index in [-0.39, 0.29) is 11.8 Å². The van der Waals surface area contributed by atoms with Gasteiger partial charge < -0.3 is 9.30 Å². The highest BCUT2D eigenvalue weighted by Gasteiger charge is 2.40. The predicted octanol–water partition coefficient (Wildman–Crippen LogP) is 5.50. The molecule has 3 aromatic carbocycles. The highest BCUT2D eigenvalue weighted by atomic mass is 32.2. The summed E-state index contributed by atoms with van der Waals surface area (Å²) in [7, 11) is 0.0868. The van der Waals surface area contributed by atoms with E-state index in [2.05, 4.69) is 54.7 Å². The molecule has 0 unspecified atom stereocenters. The highest BCUT2D eigenvalue weighted by molar-refractivity contribution is 7.89. The first-order valence-corrected chi connectivity index (χ1v) is 13.2. The van der Waals surface area contributed by atoms with Gasteiger partial charge in [0.1, 0.15) is 5.75 Å². The van der Waals surface area contributed by atoms with E-state index in [4.69, 9.17) is 4.74 Å². The Morgan fingerprint density at radius 1 is 1.00 bits per heavy atom. The van der Waals surface area contributed by atoms with Crippen LogP contribution in [0.5, 0.6) is 5.75 Å². The minimum atomic E-state index is -3.62. The van der Waals surface area contributed by atoms with Gasteiger partial charge in [0, 0.05) is 49.1 Å². The van der Waals surface area contributed by atoms with Crippen LogP contribution >= 0.6 is 0 Å². The van der Waals surface area contributed by atoms with Crippen molar-refractivity contribution >= 4 is 20.9 Å². The fraction of sp³-hybridized carbons (Fsp3) is 0.241. The molecule has 0 bridgehead atoms. The van der Waals surface area contributed by atoms with Crippen molar-refractivity contribution in [2.24, 2.45) is 13.0 Å². The van der Waals surface area contributed by atoms with Gasteiger partial charge in [-0.25, -0.2) is 8.42 Å². The van der Waals surface area contributed by atoms with Crippen molar-refractivity contribution in [3.63, 3.8) is 0 Å². The Morgan fingerprint density at radius 3 is 2.37 bits per heavy atom. The maximum absolute atomic E-state index is 13.5. The molecule has 6 heteroatoms. The molecule has 35 heavy (non-hydrogen) atoms. The molecular weight excluding hydrogens is 456 g/mol. The normalized spacial score (nSPS) is 17.7. The summed E-state index contributed by atoms with van der Waals surface area (Å²) in [5, 5.41) is 1.17. The minimum Gasteiger partial charge on any atom is -0.497 e. The van der Waals surface area contributed by atoms with Crippen LogP contribution in [0.1, 0.15) is 22.6 Å². The number of para-hydroxylation sites is 1. The van der Waals surface area contributed by atoms with Crippen LogP contribution in [0.25, 0.3) is 10.9 Å². The summed E-state index contributed by atoms with van der Waals surface area (Å²) in [4.78, 5) is 0.322. The quantitative estimate of drug-likeness (QED) is 0.338. The first-order valence-electron chi connectivity index (χ1n) is 11.7. The van der Waals surface area contributed by atoms with Crippen molar-refractivity contribution < 1.29 is 13.2 Å². The number of benzene rings is 3. The molecule has 5 rings (SSSR count). The number of aryl methyl sites for hydroxylation is 2. The van der Waals surface area contributed by atoms with Crippen LogP contribution in [0.2, 0.25) is 0 Å². The molecule has 4 aromatic rings. The Balaban J connectivity index is 1.58. The van der Waals surface area contributed by atoms with Crippen molar-refractivity contribution in [1.82, 2.24) is 8.87 Å². The van der Waals surface area contributed by atoms with Gasteiger partial charge >= 0.3 is 0 Å². The maximum Gasteiger partial charge on any atom is 0.243 e. The van der Waals surface area contributed by atoms with Crippen LogP contribution in [-0.4, -0.2) is 37.5 Å². The zero-order valence-electron chi connectivity index (χ0n) is 20.3. The second-order valence-corrected chi connectivity index (χ2v) is 11.3. The van der Waals surface area contributed by atoms with E-state index in [9.17, 15) is 8.42 Å². The Hall–Kier alpha value is -3.35. The summed E-state index contributed by atoms with van der Waals surface area (Å²) in [6.07, 6.45) is 2.17. The van der Waals surface area contributed by atoms with Gasteiger partial charge in [-0.2, -0.15) is 4.31 Å². The van der Waals surface area contributed by atoms with E-state index in [1.54, 1.807) is 23.5 Å². The molecule has 1 aromatic heterocycles. The van der Waals surface area contributed by atoms with Crippen LogP contribution < -0.4 is 4.74 Å². The second-order valence-electron chi connectivity index (χ2n) is 9.34. The van der Waals surface area contributed by atoms with Crippen LogP contribution in [0.4, 0.5) is 0 Å². The highest BCUT2D eigenvalue weighted by Crippen LogP contribution is 2.44. The van der Waals surface area contributed by atoms with Crippen molar-refractivity contribution in [2.75, 3.05) is 20.2 Å². The van der Waals surface area contributed by atoms with Gasteiger partial charge in [-0.05, 0) is 48.4 Å². The molecule has 180 valence electrons. The fourth-order valence-corrected chi connectivity index (χ4v) is 6.67. The lowest BCUT2D eigenvalue weighted by atomic mass is 9.78. The summed E-state index contributed by atoms with van der Waals surface area (Å²) in [5.41, 5.74) is 5.39. The van der Waals surface area contributed by atoms with Gasteiger partial charge in [0.05, 0.1) is 12.0 Å². The molecular formula is C29H30N2O3S. The molecule has 1 fully saturated rings. The van der Waals surface area contributed by atoms with Gasteiger partial charge in [0.25, 0.3) is 0 Å². The SMILES string of the molecule is C=C1CN(S(=O)(=O)c2ccc(C)cc2)C[C@@H]1[C@H](c1ccc(OC)cc1)c1cn(C)c2ccccc12. The number of methoxy groups -OCH3 is 1. The molecule has 1 aliphatic rings. The Kier molecular flexibility index (Phi) is 6.03. The molecule has 0 saturated carbocycles. The number of rotatable bonds is 6. The van der Waals surface area contributed by atoms with Crippen LogP contribution in [0.3, 0.4) is 0 Å². The number of ether oxygens (including phenoxy) is 1. The molecule has 1 saturated heterocycles. The Bertz CT molecular complexity index is 1490. The third-order valence-corrected chi connectivity index (χ3v) is 8.93. The number of nitrogens with zero attached hydrogens (tertiary/aromatic N) is 2. The number of hydrogen-bond donors (Lipinski definition) is 0. The third kappa shape index (κ3) is 4.17. The predicted molar refractivity (Wildman–Crippen MR) is 140 cm³/mol. The largest absolute Gasteiger partial charge is 0.497 e. The van der Waals surface area contributed by atoms with Crippen molar-refractivity contribution in [3.05, 3.63) is 108 Å². The molecule has 0 spiro atoms. The van der Waals surface area contributed by atoms with Crippen LogP contribution in [0.15, 0.2) is 96.0 Å². The van der Waals surface area contributed by atoms with E-state index in [0.29, 0.717) is 18.0 Å². The standard InChI is InChI=1S/C29H30N2O3S/c1-20-9-15-24(16-10-20)35(32,33)31-17-21(2)26(19-31)29(22-11-13-23(34-4)14-12-22)27-18-30(3)28-8-6-5-7-25(27)28/h5-16,18,26,29H,2,17,19H2,1,3-4H3/t26-,29-/m0/s1. The first kappa shape index (κ1) is 23.4. The van der Waals surface area contributed by atoms with Crippen LogP contribution in [-0.2, 0) is 17.1 Å². The van der Waals surface area contributed by atoms with Crippen molar-refractivity contribution in [1.29, 1.82) is 0 Å². The fourth-order valence-electron chi connectivity index (χ4n) is 5.20. The van der Waals surface area contributed by atoms with E-state index < -0.39 is 10.0 Å². The lowest BCUT2D eigenvalue weighted by molar-refractivity contribution is 0.414. The Morgan fingerprint density at radius 2 is 1.69 bits per heavy atom. The number of sulfonamides is 1. The zero-order chi connectivity index (χ0) is 24.7. The molecule has 5 nitrogen and oxygen atoms in total. The summed E-state index contributed by atoms with van der Waals surface area (Å²) in [6, 6.07) is 23.5. The summed E-state index contributed by atoms with van der Waals surface area (Å²) < 4.78 is 36.1. The van der Waals surface area contributed by atoms with Gasteiger partial charge in [-0.1, -0.05) is 60.2 Å². The maximum atomic E-state index is 13.5. The third-order valence-electron chi connectivity index (χ3n) is 7.10. The molecule has 0 aliphatic carbocycles. The monoisotopic (exact) mass is 486 g/mol. The van der Waals surface area contributed by atoms with Gasteiger partial charge in [0.2, 0.25) is 10.0 Å². The smallest absolute Gasteiger partial charge is 0.243 e. The number of hydrogen-bond acceptors (Lipinski definition) is 3. The van der Waals surface area contributed by atoms with Crippen LogP contribution in [0, 0.1) is 12.8 Å². The van der Waals surface area contributed by atoms with E-state index in [1.165, 1.54) is 10.9 Å². The number of fused-ring (bicyclic) bond motifs is 1. The molecule has 0 radical (unpaired) electrons. The van der Waals surface area contributed by atoms with Gasteiger partial charge in [-0.15, -0.1) is 0 Å². The average molecular weight is 487 g/mol. The summed E-state index contributed by atoms with van der Waals surface area (Å²) in [6.45, 7) is 7.02. The molecule has 1 aliphatic heterocycles. The van der Waals surface area contributed by atoms with E-state index >= 15 is 0 Å². The second kappa shape index (κ2) is 9.02. The topological polar surface area (TPSA) is 51.5 Å². The van der Waals surface area contributed by atoms with Crippen molar-refractivity contribution in [3.8, 4) is 5.75 Å². The molecule has 0 amide bonds. The summed E-state index contributed by atoms with van der Waals surface area (Å²) in [5.74, 6) is 0.686. The lowest BCUT2D eigenvalue weighted by Gasteiger charge is -2.25. The number of aromatic nitrogens is 1. The first-order chi connectivity index (χ1) is 16.8. The van der Waals surface area contributed by atoms with Gasteiger partial charge in [-0.3, -0.25) is 0 Å². The van der Waals surface area contributed by atoms with Crippen molar-refractivity contribution in [2.45, 2.75) is 17.7 Å². The van der Waals surface area contributed by atoms with E-state index in [0.717, 1.165) is 28.0 Å². The molecule has 2 atom stereocenters. The minimum absolute atomic E-state index is 0.0438. The summed E-state index contributed by atoms with van der Waals surface area (Å²) >= 11 is 0. The zero-order valence-corrected chi connectivity index (χ0v) is 21.1. The van der Waals surface area contributed by atoms with E-state index in [1.807, 2.05) is 37.3 Å².